The minimum atomic E-state index is 0.326. The Morgan fingerprint density at radius 3 is 2.38 bits per heavy atom. The Kier molecular flexibility index (Phi) is 6.56. The summed E-state index contributed by atoms with van der Waals surface area (Å²) >= 11 is 0. The lowest BCUT2D eigenvalue weighted by Crippen LogP contribution is -2.49. The number of nitrogens with zero attached hydrogens (tertiary/aromatic N) is 6. The van der Waals surface area contributed by atoms with Crippen molar-refractivity contribution in [3.05, 3.63) is 54.2 Å². The minimum Gasteiger partial charge on any atom is -0.465 e. The number of hydrogen-bond acceptors (Lipinski definition) is 8. The smallest absolute Gasteiger partial charge is 0.164 e. The van der Waals surface area contributed by atoms with Crippen LogP contribution in [-0.2, 0) is 6.54 Å². The molecule has 9 heteroatoms. The summed E-state index contributed by atoms with van der Waals surface area (Å²) in [5.41, 5.74) is 10.1. The predicted octanol–water partition coefficient (Wildman–Crippen LogP) is 4.32. The standard InChI is InChI=1S/C28H36N8O/c1-19-3-12-24(37-19)17-30-21-6-4-20(5-7-21)26-25-27(29)31-18-32-28(25)36(33-26)23-10-8-22(9-11-23)35-15-13-34(2)14-16-35/h3-7,12,18,22-23,30H,8-11,13-17H2,1-2H3,(H2,29,31,32)/t22-,23+. The van der Waals surface area contributed by atoms with Gasteiger partial charge in [0.15, 0.2) is 5.65 Å². The van der Waals surface area contributed by atoms with E-state index in [4.69, 9.17) is 15.2 Å². The number of aryl methyl sites for hydroxylation is 1. The van der Waals surface area contributed by atoms with Crippen LogP contribution in [-0.4, -0.2) is 68.8 Å². The number of rotatable bonds is 6. The first kappa shape index (κ1) is 23.9. The van der Waals surface area contributed by atoms with Gasteiger partial charge in [-0.25, -0.2) is 14.6 Å². The molecule has 0 amide bonds. The summed E-state index contributed by atoms with van der Waals surface area (Å²) in [6, 6.07) is 13.3. The normalized spacial score (nSPS) is 21.5. The number of aromatic nitrogens is 4. The lowest BCUT2D eigenvalue weighted by Gasteiger charge is -2.41. The maximum atomic E-state index is 6.37. The zero-order valence-corrected chi connectivity index (χ0v) is 21.7. The Morgan fingerprint density at radius 2 is 1.68 bits per heavy atom. The van der Waals surface area contributed by atoms with Crippen LogP contribution in [0.15, 0.2) is 47.1 Å². The quantitative estimate of drug-likeness (QED) is 0.404. The van der Waals surface area contributed by atoms with Gasteiger partial charge >= 0.3 is 0 Å². The number of nitrogens with two attached hydrogens (primary N) is 1. The van der Waals surface area contributed by atoms with Crippen LogP contribution in [0.3, 0.4) is 0 Å². The predicted molar refractivity (Wildman–Crippen MR) is 146 cm³/mol. The van der Waals surface area contributed by atoms with Gasteiger partial charge in [-0.05, 0) is 63.9 Å². The van der Waals surface area contributed by atoms with Crippen LogP contribution in [0, 0.1) is 6.92 Å². The van der Waals surface area contributed by atoms with Crippen LogP contribution < -0.4 is 11.1 Å². The number of nitrogens with one attached hydrogen (secondary N) is 1. The van der Waals surface area contributed by atoms with Gasteiger partial charge in [-0.1, -0.05) is 12.1 Å². The van der Waals surface area contributed by atoms with Crippen molar-refractivity contribution in [3.8, 4) is 11.3 Å². The highest BCUT2D eigenvalue weighted by Crippen LogP contribution is 2.37. The molecule has 3 N–H and O–H groups in total. The van der Waals surface area contributed by atoms with Crippen LogP contribution in [0.4, 0.5) is 11.5 Å². The third kappa shape index (κ3) is 4.93. The maximum Gasteiger partial charge on any atom is 0.164 e. The Bertz CT molecular complexity index is 1340. The number of furan rings is 1. The summed E-state index contributed by atoms with van der Waals surface area (Å²) < 4.78 is 7.78. The molecule has 1 saturated carbocycles. The molecule has 1 saturated heterocycles. The molecule has 37 heavy (non-hydrogen) atoms. The summed E-state index contributed by atoms with van der Waals surface area (Å²) in [5.74, 6) is 2.31. The van der Waals surface area contributed by atoms with Crippen molar-refractivity contribution in [1.29, 1.82) is 0 Å². The van der Waals surface area contributed by atoms with E-state index in [1.54, 1.807) is 6.33 Å². The summed E-state index contributed by atoms with van der Waals surface area (Å²) in [7, 11) is 2.22. The lowest BCUT2D eigenvalue weighted by molar-refractivity contribution is 0.0815. The molecule has 6 rings (SSSR count). The van der Waals surface area contributed by atoms with Gasteiger partial charge in [0.1, 0.15) is 29.4 Å². The molecule has 0 radical (unpaired) electrons. The molecule has 1 aromatic carbocycles. The molecule has 0 atom stereocenters. The molecule has 1 aliphatic carbocycles. The van der Waals surface area contributed by atoms with Gasteiger partial charge in [0.05, 0.1) is 18.0 Å². The molecule has 0 bridgehead atoms. The summed E-state index contributed by atoms with van der Waals surface area (Å²) in [6.45, 7) is 7.28. The van der Waals surface area contributed by atoms with Crippen molar-refractivity contribution >= 4 is 22.5 Å². The van der Waals surface area contributed by atoms with Gasteiger partial charge in [-0.3, -0.25) is 4.90 Å². The van der Waals surface area contributed by atoms with Gasteiger partial charge < -0.3 is 20.4 Å². The number of benzene rings is 1. The van der Waals surface area contributed by atoms with Crippen LogP contribution in [0.1, 0.15) is 43.2 Å². The second kappa shape index (κ2) is 10.1. The van der Waals surface area contributed by atoms with Gasteiger partial charge in [0.2, 0.25) is 0 Å². The average Bonchev–Trinajstić information content (AvgIpc) is 3.53. The fraction of sp³-hybridized carbons (Fsp3) is 0.464. The molecule has 1 aliphatic heterocycles. The van der Waals surface area contributed by atoms with E-state index in [2.05, 4.69) is 61.1 Å². The van der Waals surface area contributed by atoms with Gasteiger partial charge in [0.25, 0.3) is 0 Å². The van der Waals surface area contributed by atoms with Gasteiger partial charge in [0, 0.05) is 43.5 Å². The molecule has 3 aromatic heterocycles. The van der Waals surface area contributed by atoms with Gasteiger partial charge in [-0.2, -0.15) is 5.10 Å². The van der Waals surface area contributed by atoms with E-state index in [9.17, 15) is 0 Å². The zero-order chi connectivity index (χ0) is 25.4. The fourth-order valence-electron chi connectivity index (χ4n) is 5.82. The first-order chi connectivity index (χ1) is 18.0. The van der Waals surface area contributed by atoms with E-state index in [0.717, 1.165) is 52.3 Å². The van der Waals surface area contributed by atoms with Crippen molar-refractivity contribution in [1.82, 2.24) is 29.5 Å². The largest absolute Gasteiger partial charge is 0.465 e. The molecule has 0 unspecified atom stereocenters. The van der Waals surface area contributed by atoms with Crippen LogP contribution in [0.5, 0.6) is 0 Å². The Balaban J connectivity index is 1.20. The number of nitrogen functional groups attached to an aromatic ring is 1. The number of piperazine rings is 1. The molecular formula is C28H36N8O. The summed E-state index contributed by atoms with van der Waals surface area (Å²) in [6.07, 6.45) is 6.15. The molecule has 4 heterocycles. The van der Waals surface area contributed by atoms with Crippen LogP contribution >= 0.6 is 0 Å². The highest BCUT2D eigenvalue weighted by Gasteiger charge is 2.30. The van der Waals surface area contributed by atoms with Crippen LogP contribution in [0.2, 0.25) is 0 Å². The summed E-state index contributed by atoms with van der Waals surface area (Å²) in [4.78, 5) is 14.0. The molecule has 2 aliphatic rings. The highest BCUT2D eigenvalue weighted by molar-refractivity contribution is 5.98. The van der Waals surface area contributed by atoms with E-state index in [1.807, 2.05) is 19.1 Å². The Labute approximate surface area is 217 Å². The average molecular weight is 501 g/mol. The Hall–Kier alpha value is -3.43. The molecule has 4 aromatic rings. The molecular weight excluding hydrogens is 464 g/mol. The van der Waals surface area contributed by atoms with Crippen molar-refractivity contribution < 1.29 is 4.42 Å². The Morgan fingerprint density at radius 1 is 0.946 bits per heavy atom. The van der Waals surface area contributed by atoms with E-state index in [-0.39, 0.29) is 0 Å². The van der Waals surface area contributed by atoms with Crippen molar-refractivity contribution in [3.63, 3.8) is 0 Å². The fourth-order valence-corrected chi connectivity index (χ4v) is 5.82. The van der Waals surface area contributed by atoms with Crippen molar-refractivity contribution in [2.75, 3.05) is 44.3 Å². The number of likely N-dealkylation sites (N-methyl/N-ethyl adjacent to an activating group) is 1. The van der Waals surface area contributed by atoms with Gasteiger partial charge in [-0.15, -0.1) is 0 Å². The van der Waals surface area contributed by atoms with Crippen LogP contribution in [0.25, 0.3) is 22.3 Å². The maximum absolute atomic E-state index is 6.37. The second-order valence-electron chi connectivity index (χ2n) is 10.5. The number of fused-ring (bicyclic) bond motifs is 1. The zero-order valence-electron chi connectivity index (χ0n) is 21.7. The lowest BCUT2D eigenvalue weighted by atomic mass is 9.90. The van der Waals surface area contributed by atoms with Crippen molar-refractivity contribution in [2.45, 2.75) is 51.2 Å². The highest BCUT2D eigenvalue weighted by atomic mass is 16.3. The third-order valence-corrected chi connectivity index (χ3v) is 8.01. The molecule has 2 fully saturated rings. The first-order valence-corrected chi connectivity index (χ1v) is 13.4. The molecule has 194 valence electrons. The SMILES string of the molecule is Cc1ccc(CNc2ccc(-c3nn([C@H]4CC[C@@H](N5CCN(C)CC5)CC4)c4ncnc(N)c34)cc2)o1. The molecule has 9 nitrogen and oxygen atoms in total. The number of hydrogen-bond donors (Lipinski definition) is 2. The minimum absolute atomic E-state index is 0.326. The number of anilines is 2. The van der Waals surface area contributed by atoms with E-state index >= 15 is 0 Å². The second-order valence-corrected chi connectivity index (χ2v) is 10.5. The summed E-state index contributed by atoms with van der Waals surface area (Å²) in [5, 5.41) is 9.36. The first-order valence-electron chi connectivity index (χ1n) is 13.4. The topological polar surface area (TPSA) is 101 Å². The molecule has 0 spiro atoms. The van der Waals surface area contributed by atoms with E-state index < -0.39 is 0 Å². The third-order valence-electron chi connectivity index (χ3n) is 8.01. The van der Waals surface area contributed by atoms with E-state index in [1.165, 1.54) is 39.0 Å². The van der Waals surface area contributed by atoms with E-state index in [0.29, 0.717) is 24.4 Å². The monoisotopic (exact) mass is 500 g/mol. The van der Waals surface area contributed by atoms with Crippen molar-refractivity contribution in [2.24, 2.45) is 0 Å².